The van der Waals surface area contributed by atoms with E-state index in [-0.39, 0.29) is 16.7 Å². The van der Waals surface area contributed by atoms with Crippen LogP contribution >= 0.6 is 0 Å². The van der Waals surface area contributed by atoms with E-state index in [1.54, 1.807) is 6.92 Å². The molecule has 0 radical (unpaired) electrons. The van der Waals surface area contributed by atoms with Gasteiger partial charge in [0, 0.05) is 6.54 Å². The summed E-state index contributed by atoms with van der Waals surface area (Å²) in [6, 6.07) is 0.550. The Labute approximate surface area is 129 Å². The van der Waals surface area contributed by atoms with Crippen LogP contribution in [0.2, 0.25) is 0 Å². The van der Waals surface area contributed by atoms with E-state index in [4.69, 9.17) is 0 Å². The van der Waals surface area contributed by atoms with E-state index in [1.807, 2.05) is 0 Å². The highest BCUT2D eigenvalue weighted by molar-refractivity contribution is 5.97. The van der Waals surface area contributed by atoms with Gasteiger partial charge in [-0.2, -0.15) is 0 Å². The van der Waals surface area contributed by atoms with Crippen LogP contribution in [0.1, 0.15) is 28.9 Å². The lowest BCUT2D eigenvalue weighted by Gasteiger charge is -2.21. The van der Waals surface area contributed by atoms with Crippen LogP contribution in [-0.2, 0) is 4.79 Å². The van der Waals surface area contributed by atoms with E-state index < -0.39 is 29.2 Å². The fourth-order valence-corrected chi connectivity index (χ4v) is 2.88. The molecule has 3 heterocycles. The van der Waals surface area contributed by atoms with Crippen molar-refractivity contribution in [3.05, 3.63) is 38.2 Å². The molecule has 0 bridgehead atoms. The molecule has 2 aromatic heterocycles. The van der Waals surface area contributed by atoms with Gasteiger partial charge in [-0.1, -0.05) is 0 Å². The van der Waals surface area contributed by atoms with Crippen molar-refractivity contribution in [1.82, 2.24) is 19.9 Å². The number of aromatic nitrogens is 3. The molecule has 3 N–H and O–H groups in total. The third-order valence-electron chi connectivity index (χ3n) is 3.92. The smallest absolute Gasteiger partial charge is 0.327 e. The van der Waals surface area contributed by atoms with Gasteiger partial charge in [-0.05, 0) is 31.4 Å². The van der Waals surface area contributed by atoms with Crippen molar-refractivity contribution in [3.63, 3.8) is 0 Å². The average Bonchev–Trinajstić information content (AvgIpc) is 2.94. The van der Waals surface area contributed by atoms with Crippen LogP contribution in [0.3, 0.4) is 0 Å². The first-order valence-electron chi connectivity index (χ1n) is 7.06. The van der Waals surface area contributed by atoms with Crippen molar-refractivity contribution >= 4 is 22.9 Å². The Morgan fingerprint density at radius 3 is 2.78 bits per heavy atom. The van der Waals surface area contributed by atoms with Gasteiger partial charge in [-0.15, -0.1) is 0 Å². The van der Waals surface area contributed by atoms with Crippen LogP contribution in [-0.4, -0.2) is 49.4 Å². The van der Waals surface area contributed by atoms with Gasteiger partial charge >= 0.3 is 11.7 Å². The summed E-state index contributed by atoms with van der Waals surface area (Å²) >= 11 is 0. The highest BCUT2D eigenvalue weighted by atomic mass is 16.4. The summed E-state index contributed by atoms with van der Waals surface area (Å²) in [4.78, 5) is 56.7. The second kappa shape index (κ2) is 5.34. The van der Waals surface area contributed by atoms with E-state index in [0.717, 1.165) is 0 Å². The number of aryl methyl sites for hydroxylation is 1. The van der Waals surface area contributed by atoms with Crippen molar-refractivity contribution in [2.75, 3.05) is 6.54 Å². The fraction of sp³-hybridized carbons (Fsp3) is 0.357. The summed E-state index contributed by atoms with van der Waals surface area (Å²) in [6.07, 6.45) is 0.996. The van der Waals surface area contributed by atoms with Crippen LogP contribution in [0.25, 0.3) is 11.0 Å². The molecule has 23 heavy (non-hydrogen) atoms. The number of hydrogen-bond donors (Lipinski definition) is 3. The second-order valence-corrected chi connectivity index (χ2v) is 5.45. The molecule has 0 unspecified atom stereocenters. The van der Waals surface area contributed by atoms with E-state index in [0.29, 0.717) is 24.9 Å². The zero-order valence-electron chi connectivity index (χ0n) is 12.3. The molecule has 0 aromatic carbocycles. The summed E-state index contributed by atoms with van der Waals surface area (Å²) < 4.78 is 0. The van der Waals surface area contributed by atoms with Crippen LogP contribution in [0.5, 0.6) is 0 Å². The number of aliphatic carboxylic acids is 1. The van der Waals surface area contributed by atoms with E-state index in [1.165, 1.54) is 11.0 Å². The molecule has 120 valence electrons. The first-order chi connectivity index (χ1) is 10.9. The monoisotopic (exact) mass is 318 g/mol. The summed E-state index contributed by atoms with van der Waals surface area (Å²) in [5, 5.41) is 9.36. The summed E-state index contributed by atoms with van der Waals surface area (Å²) in [6.45, 7) is 1.95. The minimum atomic E-state index is -1.06. The molecule has 0 saturated carbocycles. The Morgan fingerprint density at radius 1 is 1.35 bits per heavy atom. The van der Waals surface area contributed by atoms with E-state index in [2.05, 4.69) is 15.0 Å². The number of nitrogens with one attached hydrogen (secondary N) is 2. The van der Waals surface area contributed by atoms with Crippen molar-refractivity contribution in [1.29, 1.82) is 0 Å². The quantitative estimate of drug-likeness (QED) is 0.690. The number of carbonyl (C=O) groups excluding carboxylic acids is 1. The molecule has 1 atom stereocenters. The molecule has 0 aliphatic carbocycles. The molecule has 0 spiro atoms. The largest absolute Gasteiger partial charge is 0.480 e. The van der Waals surface area contributed by atoms with E-state index in [9.17, 15) is 24.3 Å². The lowest BCUT2D eigenvalue weighted by atomic mass is 10.1. The molecule has 1 aliphatic heterocycles. The topological polar surface area (TPSA) is 136 Å². The maximum Gasteiger partial charge on any atom is 0.327 e. The van der Waals surface area contributed by atoms with Crippen LogP contribution in [0.4, 0.5) is 0 Å². The number of likely N-dealkylation sites (tertiary alicyclic amines) is 1. The van der Waals surface area contributed by atoms with Crippen molar-refractivity contribution in [2.24, 2.45) is 0 Å². The van der Waals surface area contributed by atoms with Gasteiger partial charge in [0.25, 0.3) is 11.5 Å². The molecule has 1 amide bonds. The highest BCUT2D eigenvalue weighted by Crippen LogP contribution is 2.21. The first-order valence-corrected chi connectivity index (χ1v) is 7.06. The number of pyridine rings is 1. The van der Waals surface area contributed by atoms with Gasteiger partial charge in [0.15, 0.2) is 0 Å². The molecule has 1 fully saturated rings. The fourth-order valence-electron chi connectivity index (χ4n) is 2.88. The molecular weight excluding hydrogens is 304 g/mol. The van der Waals surface area contributed by atoms with Crippen molar-refractivity contribution in [2.45, 2.75) is 25.8 Å². The third-order valence-corrected chi connectivity index (χ3v) is 3.92. The van der Waals surface area contributed by atoms with Gasteiger partial charge in [-0.25, -0.2) is 14.6 Å². The number of aromatic amines is 2. The van der Waals surface area contributed by atoms with Crippen LogP contribution < -0.4 is 11.2 Å². The molecule has 9 nitrogen and oxygen atoms in total. The molecular formula is C14H14N4O5. The minimum Gasteiger partial charge on any atom is -0.480 e. The number of nitrogens with zero attached hydrogens (tertiary/aromatic N) is 2. The normalized spacial score (nSPS) is 17.6. The Balaban J connectivity index is 2.10. The zero-order valence-corrected chi connectivity index (χ0v) is 12.3. The van der Waals surface area contributed by atoms with Gasteiger partial charge in [0.1, 0.15) is 17.4 Å². The number of H-pyrrole nitrogens is 2. The standard InChI is InChI=1S/C14H14N4O5/c1-6-5-7(12(20)18-4-2-3-8(18)13(21)22)15-10-9(6)11(19)17-14(23)16-10/h5,8H,2-4H2,1H3,(H,21,22)(H2,15,16,17,19,23)/t8-/m0/s1. The van der Waals surface area contributed by atoms with Gasteiger partial charge < -0.3 is 10.0 Å². The molecule has 9 heteroatoms. The Morgan fingerprint density at radius 2 is 2.09 bits per heavy atom. The SMILES string of the molecule is Cc1cc(C(=O)N2CCC[C@H]2C(=O)O)nc2[nH]c(=O)[nH]c(=O)c12. The summed E-state index contributed by atoms with van der Waals surface area (Å²) in [7, 11) is 0. The Bertz CT molecular complexity index is 929. The molecule has 1 saturated heterocycles. The number of amides is 1. The maximum atomic E-state index is 12.5. The predicted octanol–water partition coefficient (Wildman–Crippen LogP) is -0.391. The van der Waals surface area contributed by atoms with Gasteiger partial charge in [-0.3, -0.25) is 19.6 Å². The maximum absolute atomic E-state index is 12.5. The lowest BCUT2D eigenvalue weighted by Crippen LogP contribution is -2.40. The molecule has 3 rings (SSSR count). The molecule has 2 aromatic rings. The number of rotatable bonds is 2. The van der Waals surface area contributed by atoms with Crippen LogP contribution in [0, 0.1) is 6.92 Å². The third kappa shape index (κ3) is 2.50. The van der Waals surface area contributed by atoms with E-state index >= 15 is 0 Å². The Kier molecular flexibility index (Phi) is 3.47. The van der Waals surface area contributed by atoms with Crippen molar-refractivity contribution < 1.29 is 14.7 Å². The minimum absolute atomic E-state index is 0.00407. The average molecular weight is 318 g/mol. The predicted molar refractivity (Wildman–Crippen MR) is 79.4 cm³/mol. The summed E-state index contributed by atoms with van der Waals surface area (Å²) in [5.74, 6) is -1.58. The van der Waals surface area contributed by atoms with Crippen LogP contribution in [0.15, 0.2) is 15.7 Å². The highest BCUT2D eigenvalue weighted by Gasteiger charge is 2.35. The number of hydrogen-bond acceptors (Lipinski definition) is 5. The first kappa shape index (κ1) is 14.9. The zero-order chi connectivity index (χ0) is 16.7. The van der Waals surface area contributed by atoms with Crippen molar-refractivity contribution in [3.8, 4) is 0 Å². The number of carbonyl (C=O) groups is 2. The molecule has 1 aliphatic rings. The number of carboxylic acids is 1. The number of carboxylic acid groups (broad SMARTS) is 1. The number of fused-ring (bicyclic) bond motifs is 1. The lowest BCUT2D eigenvalue weighted by molar-refractivity contribution is -0.141. The van der Waals surface area contributed by atoms with Gasteiger partial charge in [0.2, 0.25) is 0 Å². The Hall–Kier alpha value is -2.97. The summed E-state index contributed by atoms with van der Waals surface area (Å²) in [5.41, 5.74) is -0.819. The van der Waals surface area contributed by atoms with Gasteiger partial charge in [0.05, 0.1) is 5.39 Å². The second-order valence-electron chi connectivity index (χ2n) is 5.45.